The zero-order valence-electron chi connectivity index (χ0n) is 17.2. The van der Waals surface area contributed by atoms with Crippen LogP contribution in [0.1, 0.15) is 12.0 Å². The van der Waals surface area contributed by atoms with E-state index in [9.17, 15) is 13.2 Å². The zero-order valence-corrected chi connectivity index (χ0v) is 18.1. The topological polar surface area (TPSA) is 79.4 Å². The molecule has 8 nitrogen and oxygen atoms in total. The maximum atomic E-state index is 12.7. The lowest BCUT2D eigenvalue weighted by Gasteiger charge is -2.31. The zero-order chi connectivity index (χ0) is 20.9. The number of benzene rings is 1. The predicted molar refractivity (Wildman–Crippen MR) is 110 cm³/mol. The fraction of sp³-hybridized carbons (Fsp3) is 0.650. The lowest BCUT2D eigenvalue weighted by atomic mass is 10.1. The molecule has 0 aliphatic carbocycles. The number of hydrogen-bond donors (Lipinski definition) is 0. The number of methoxy groups -OCH3 is 1. The van der Waals surface area contributed by atoms with Crippen molar-refractivity contribution in [2.24, 2.45) is 0 Å². The van der Waals surface area contributed by atoms with Crippen LogP contribution in [-0.4, -0.2) is 100 Å². The van der Waals surface area contributed by atoms with E-state index >= 15 is 0 Å². The van der Waals surface area contributed by atoms with Crippen LogP contribution in [-0.2, 0) is 26.0 Å². The molecule has 0 N–H and O–H groups in total. The van der Waals surface area contributed by atoms with Crippen molar-refractivity contribution in [1.29, 1.82) is 0 Å². The molecular formula is C20H31N3O5S. The van der Waals surface area contributed by atoms with Crippen LogP contribution in [0.3, 0.4) is 0 Å². The van der Waals surface area contributed by atoms with E-state index in [1.165, 1.54) is 6.26 Å². The third kappa shape index (κ3) is 6.15. The van der Waals surface area contributed by atoms with Crippen LogP contribution in [0.5, 0.6) is 5.75 Å². The molecule has 0 spiro atoms. The van der Waals surface area contributed by atoms with Gasteiger partial charge in [0.05, 0.1) is 33.0 Å². The number of amides is 1. The van der Waals surface area contributed by atoms with E-state index in [4.69, 9.17) is 9.47 Å². The van der Waals surface area contributed by atoms with E-state index in [1.807, 2.05) is 24.3 Å². The molecule has 2 fully saturated rings. The van der Waals surface area contributed by atoms with E-state index in [1.54, 1.807) is 16.3 Å². The molecule has 1 unspecified atom stereocenters. The van der Waals surface area contributed by atoms with E-state index in [0.29, 0.717) is 45.8 Å². The molecule has 1 atom stereocenters. The normalized spacial score (nSPS) is 20.9. The first-order chi connectivity index (χ1) is 13.9. The van der Waals surface area contributed by atoms with Crippen molar-refractivity contribution < 1.29 is 22.7 Å². The van der Waals surface area contributed by atoms with E-state index in [2.05, 4.69) is 4.90 Å². The number of ether oxygens (including phenoxy) is 2. The molecule has 9 heteroatoms. The van der Waals surface area contributed by atoms with Gasteiger partial charge in [-0.3, -0.25) is 9.69 Å². The maximum Gasteiger partial charge on any atom is 0.227 e. The molecule has 162 valence electrons. The number of carbonyl (C=O) groups is 1. The minimum Gasteiger partial charge on any atom is -0.497 e. The smallest absolute Gasteiger partial charge is 0.227 e. The van der Waals surface area contributed by atoms with Crippen molar-refractivity contribution in [2.45, 2.75) is 18.9 Å². The molecule has 0 saturated carbocycles. The highest BCUT2D eigenvalue weighted by atomic mass is 32.2. The van der Waals surface area contributed by atoms with Crippen molar-refractivity contribution in [3.05, 3.63) is 29.8 Å². The Morgan fingerprint density at radius 2 is 2.03 bits per heavy atom. The molecule has 1 aromatic carbocycles. The Labute approximate surface area is 173 Å². The van der Waals surface area contributed by atoms with Gasteiger partial charge in [-0.05, 0) is 24.1 Å². The number of carbonyl (C=O) groups excluding carboxylic acids is 1. The quantitative estimate of drug-likeness (QED) is 0.601. The van der Waals surface area contributed by atoms with Gasteiger partial charge in [0, 0.05) is 45.3 Å². The van der Waals surface area contributed by atoms with Crippen molar-refractivity contribution in [3.8, 4) is 5.75 Å². The van der Waals surface area contributed by atoms with Gasteiger partial charge in [-0.15, -0.1) is 0 Å². The second-order valence-corrected chi connectivity index (χ2v) is 9.57. The van der Waals surface area contributed by atoms with Crippen LogP contribution in [0.25, 0.3) is 0 Å². The molecule has 2 aliphatic rings. The highest BCUT2D eigenvalue weighted by Crippen LogP contribution is 2.20. The third-order valence-corrected chi connectivity index (χ3v) is 6.91. The highest BCUT2D eigenvalue weighted by Gasteiger charge is 2.34. The minimum atomic E-state index is -3.35. The largest absolute Gasteiger partial charge is 0.497 e. The Morgan fingerprint density at radius 1 is 1.28 bits per heavy atom. The van der Waals surface area contributed by atoms with Crippen LogP contribution in [0, 0.1) is 0 Å². The predicted octanol–water partition coefficient (Wildman–Crippen LogP) is 0.432. The number of morpholine rings is 1. The summed E-state index contributed by atoms with van der Waals surface area (Å²) in [5.74, 6) is 0.739. The van der Waals surface area contributed by atoms with Gasteiger partial charge < -0.3 is 14.4 Å². The lowest BCUT2D eigenvalue weighted by molar-refractivity contribution is -0.129. The number of sulfonamides is 1. The van der Waals surface area contributed by atoms with E-state index < -0.39 is 10.0 Å². The molecule has 2 saturated heterocycles. The van der Waals surface area contributed by atoms with E-state index in [0.717, 1.165) is 24.4 Å². The molecule has 0 radical (unpaired) electrons. The van der Waals surface area contributed by atoms with Crippen molar-refractivity contribution >= 4 is 15.9 Å². The highest BCUT2D eigenvalue weighted by molar-refractivity contribution is 7.88. The Bertz CT molecular complexity index is 795. The summed E-state index contributed by atoms with van der Waals surface area (Å²) in [4.78, 5) is 16.7. The average molecular weight is 426 g/mol. The summed E-state index contributed by atoms with van der Waals surface area (Å²) in [6.07, 6.45) is 2.21. The summed E-state index contributed by atoms with van der Waals surface area (Å²) in [5, 5.41) is 0. The monoisotopic (exact) mass is 425 g/mol. The van der Waals surface area contributed by atoms with Gasteiger partial charge >= 0.3 is 0 Å². The van der Waals surface area contributed by atoms with Crippen LogP contribution in [0.2, 0.25) is 0 Å². The molecule has 29 heavy (non-hydrogen) atoms. The summed E-state index contributed by atoms with van der Waals surface area (Å²) in [6.45, 7) is 5.19. The molecular weight excluding hydrogens is 394 g/mol. The standard InChI is InChI=1S/C20H31N3O5S/c1-27-19-5-3-4-17(14-19)15-20(24)22-7-6-18(16-22)23(29(2,25)26)9-8-21-10-12-28-13-11-21/h3-5,14,18H,6-13,15-16H2,1-2H3. The Kier molecular flexibility index (Phi) is 7.50. The van der Waals surface area contributed by atoms with Crippen molar-refractivity contribution in [2.75, 3.05) is 65.8 Å². The molecule has 1 aromatic rings. The van der Waals surface area contributed by atoms with Gasteiger partial charge in [-0.25, -0.2) is 8.42 Å². The second-order valence-electron chi connectivity index (χ2n) is 7.64. The summed E-state index contributed by atoms with van der Waals surface area (Å²) in [6, 6.07) is 7.31. The van der Waals surface area contributed by atoms with E-state index in [-0.39, 0.29) is 18.4 Å². The fourth-order valence-electron chi connectivity index (χ4n) is 3.96. The van der Waals surface area contributed by atoms with Gasteiger partial charge in [-0.2, -0.15) is 4.31 Å². The fourth-order valence-corrected chi connectivity index (χ4v) is 5.08. The SMILES string of the molecule is COc1cccc(CC(=O)N2CCC(N(CCN3CCOCC3)S(C)(=O)=O)C2)c1. The number of hydrogen-bond acceptors (Lipinski definition) is 6. The van der Waals surface area contributed by atoms with Gasteiger partial charge in [0.1, 0.15) is 5.75 Å². The summed E-state index contributed by atoms with van der Waals surface area (Å²) < 4.78 is 36.9. The summed E-state index contributed by atoms with van der Waals surface area (Å²) in [7, 11) is -1.75. The maximum absolute atomic E-state index is 12.7. The molecule has 1 amide bonds. The molecule has 0 bridgehead atoms. The van der Waals surface area contributed by atoms with Crippen LogP contribution in [0.4, 0.5) is 0 Å². The number of rotatable bonds is 8. The number of nitrogens with zero attached hydrogens (tertiary/aromatic N) is 3. The Morgan fingerprint density at radius 3 is 2.72 bits per heavy atom. The number of likely N-dealkylation sites (tertiary alicyclic amines) is 1. The van der Waals surface area contributed by atoms with Gasteiger partial charge in [0.15, 0.2) is 0 Å². The summed E-state index contributed by atoms with van der Waals surface area (Å²) >= 11 is 0. The molecule has 0 aromatic heterocycles. The second kappa shape index (κ2) is 9.88. The summed E-state index contributed by atoms with van der Waals surface area (Å²) in [5.41, 5.74) is 0.894. The third-order valence-electron chi connectivity index (χ3n) is 5.58. The molecule has 2 aliphatic heterocycles. The van der Waals surface area contributed by atoms with Crippen LogP contribution >= 0.6 is 0 Å². The van der Waals surface area contributed by atoms with Crippen LogP contribution < -0.4 is 4.74 Å². The molecule has 3 rings (SSSR count). The minimum absolute atomic E-state index is 0.0161. The van der Waals surface area contributed by atoms with Gasteiger partial charge in [0.25, 0.3) is 0 Å². The van der Waals surface area contributed by atoms with Crippen molar-refractivity contribution in [1.82, 2.24) is 14.1 Å². The average Bonchev–Trinajstić information content (AvgIpc) is 3.18. The lowest BCUT2D eigenvalue weighted by Crippen LogP contribution is -2.47. The first-order valence-corrected chi connectivity index (χ1v) is 11.9. The first kappa shape index (κ1) is 22.0. The van der Waals surface area contributed by atoms with Gasteiger partial charge in [0.2, 0.25) is 15.9 Å². The van der Waals surface area contributed by atoms with Gasteiger partial charge in [-0.1, -0.05) is 12.1 Å². The molecule has 2 heterocycles. The Hall–Kier alpha value is -1.68. The van der Waals surface area contributed by atoms with Crippen molar-refractivity contribution in [3.63, 3.8) is 0 Å². The Balaban J connectivity index is 1.57. The van der Waals surface area contributed by atoms with Crippen LogP contribution in [0.15, 0.2) is 24.3 Å². The first-order valence-electron chi connectivity index (χ1n) is 10.0.